The van der Waals surface area contributed by atoms with Crippen molar-refractivity contribution < 1.29 is 9.90 Å². The molecule has 2 aliphatic rings. The molecule has 17 heavy (non-hydrogen) atoms. The third kappa shape index (κ3) is 3.42. The Kier molecular flexibility index (Phi) is 4.05. The van der Waals surface area contributed by atoms with Gasteiger partial charge in [-0.15, -0.1) is 0 Å². The number of nitrogens with one attached hydrogen (secondary N) is 1. The van der Waals surface area contributed by atoms with Crippen LogP contribution < -0.4 is 5.32 Å². The zero-order valence-electron chi connectivity index (χ0n) is 10.9. The molecule has 4 heteroatoms. The number of carboxylic acid groups (broad SMARTS) is 1. The Hall–Kier alpha value is -0.610. The summed E-state index contributed by atoms with van der Waals surface area (Å²) < 4.78 is 0. The molecule has 1 heterocycles. The van der Waals surface area contributed by atoms with Gasteiger partial charge in [0.05, 0.1) is 0 Å². The Bertz CT molecular complexity index is 279. The third-order valence-corrected chi connectivity index (χ3v) is 4.23. The first kappa shape index (κ1) is 12.8. The van der Waals surface area contributed by atoms with E-state index in [0.29, 0.717) is 24.5 Å². The van der Waals surface area contributed by atoms with Gasteiger partial charge in [-0.3, -0.25) is 9.69 Å². The maximum absolute atomic E-state index is 11.2. The summed E-state index contributed by atoms with van der Waals surface area (Å²) in [6, 6.07) is 0.565. The minimum atomic E-state index is -0.706. The van der Waals surface area contributed by atoms with Gasteiger partial charge in [0.1, 0.15) is 6.04 Å². The van der Waals surface area contributed by atoms with Crippen molar-refractivity contribution in [1.82, 2.24) is 10.2 Å². The minimum absolute atomic E-state index is 0.393. The lowest BCUT2D eigenvalue weighted by Gasteiger charge is -2.39. The second-order valence-electron chi connectivity index (χ2n) is 5.69. The maximum Gasteiger partial charge on any atom is 0.322 e. The molecule has 0 aromatic rings. The van der Waals surface area contributed by atoms with E-state index < -0.39 is 12.0 Å². The van der Waals surface area contributed by atoms with Crippen molar-refractivity contribution in [3.8, 4) is 0 Å². The van der Waals surface area contributed by atoms with Crippen molar-refractivity contribution in [1.29, 1.82) is 0 Å². The van der Waals surface area contributed by atoms with Crippen LogP contribution in [0.25, 0.3) is 0 Å². The van der Waals surface area contributed by atoms with Gasteiger partial charge < -0.3 is 10.4 Å². The topological polar surface area (TPSA) is 52.6 Å². The molecule has 1 saturated heterocycles. The number of aliphatic carboxylic acids is 1. The molecule has 1 aliphatic heterocycles. The van der Waals surface area contributed by atoms with Crippen LogP contribution >= 0.6 is 0 Å². The molecule has 1 aliphatic carbocycles. The lowest BCUT2D eigenvalue weighted by Crippen LogP contribution is -2.52. The fraction of sp³-hybridized carbons (Fsp3) is 0.923. The van der Waals surface area contributed by atoms with Crippen LogP contribution in [0.15, 0.2) is 0 Å². The average Bonchev–Trinajstić information content (AvgIpc) is 3.07. The van der Waals surface area contributed by atoms with Crippen LogP contribution in [0.4, 0.5) is 0 Å². The van der Waals surface area contributed by atoms with Gasteiger partial charge in [-0.1, -0.05) is 6.92 Å². The van der Waals surface area contributed by atoms with Gasteiger partial charge in [0, 0.05) is 18.6 Å². The first-order valence-corrected chi connectivity index (χ1v) is 6.81. The van der Waals surface area contributed by atoms with E-state index in [4.69, 9.17) is 0 Å². The summed E-state index contributed by atoms with van der Waals surface area (Å²) in [5, 5.41) is 12.5. The van der Waals surface area contributed by atoms with Gasteiger partial charge in [0.15, 0.2) is 0 Å². The van der Waals surface area contributed by atoms with Gasteiger partial charge >= 0.3 is 5.97 Å². The second kappa shape index (κ2) is 5.36. The number of likely N-dealkylation sites (tertiary alicyclic amines) is 1. The zero-order chi connectivity index (χ0) is 12.4. The fourth-order valence-corrected chi connectivity index (χ4v) is 2.65. The number of hydrogen-bond acceptors (Lipinski definition) is 3. The standard InChI is InChI=1S/C13H24N2O2/c1-9-4-3-7-15(10(9)2)8-12(13(16)17)14-11-5-6-11/h9-12,14H,3-8H2,1-2H3,(H,16,17). The number of hydrogen-bond donors (Lipinski definition) is 2. The predicted molar refractivity (Wildman–Crippen MR) is 67.0 cm³/mol. The van der Waals surface area contributed by atoms with Crippen molar-refractivity contribution in [2.75, 3.05) is 13.1 Å². The lowest BCUT2D eigenvalue weighted by molar-refractivity contribution is -0.140. The molecule has 0 aromatic carbocycles. The molecular weight excluding hydrogens is 216 g/mol. The molecule has 1 saturated carbocycles. The van der Waals surface area contributed by atoms with Crippen molar-refractivity contribution in [2.24, 2.45) is 5.92 Å². The van der Waals surface area contributed by atoms with E-state index in [9.17, 15) is 9.90 Å². The number of rotatable bonds is 5. The molecule has 0 radical (unpaired) electrons. The van der Waals surface area contributed by atoms with Gasteiger partial charge in [-0.05, 0) is 45.1 Å². The lowest BCUT2D eigenvalue weighted by atomic mass is 9.92. The molecule has 0 aromatic heterocycles. The largest absolute Gasteiger partial charge is 0.480 e. The highest BCUT2D eigenvalue weighted by atomic mass is 16.4. The summed E-state index contributed by atoms with van der Waals surface area (Å²) in [4.78, 5) is 13.6. The Labute approximate surface area is 103 Å². The van der Waals surface area contributed by atoms with Crippen molar-refractivity contribution >= 4 is 5.97 Å². The molecule has 0 bridgehead atoms. The number of carboxylic acids is 1. The van der Waals surface area contributed by atoms with E-state index in [2.05, 4.69) is 24.1 Å². The van der Waals surface area contributed by atoms with Crippen molar-refractivity contribution in [3.63, 3.8) is 0 Å². The predicted octanol–water partition coefficient (Wildman–Crippen LogP) is 1.31. The first-order valence-electron chi connectivity index (χ1n) is 6.81. The van der Waals surface area contributed by atoms with E-state index in [1.54, 1.807) is 0 Å². The summed E-state index contributed by atoms with van der Waals surface area (Å²) in [6.45, 7) is 6.18. The molecule has 3 atom stereocenters. The summed E-state index contributed by atoms with van der Waals surface area (Å²) in [6.07, 6.45) is 4.73. The number of carbonyl (C=O) groups is 1. The maximum atomic E-state index is 11.2. The molecule has 98 valence electrons. The minimum Gasteiger partial charge on any atom is -0.480 e. The quantitative estimate of drug-likeness (QED) is 0.761. The normalized spacial score (nSPS) is 32.4. The van der Waals surface area contributed by atoms with Crippen LogP contribution in [-0.2, 0) is 4.79 Å². The van der Waals surface area contributed by atoms with Crippen LogP contribution in [0.1, 0.15) is 39.5 Å². The van der Waals surface area contributed by atoms with Crippen LogP contribution in [0, 0.1) is 5.92 Å². The smallest absolute Gasteiger partial charge is 0.322 e. The average molecular weight is 240 g/mol. The number of piperidine rings is 1. The van der Waals surface area contributed by atoms with Crippen LogP contribution in [0.2, 0.25) is 0 Å². The van der Waals surface area contributed by atoms with Crippen LogP contribution in [0.5, 0.6) is 0 Å². The van der Waals surface area contributed by atoms with Crippen molar-refractivity contribution in [2.45, 2.75) is 57.7 Å². The van der Waals surface area contributed by atoms with Gasteiger partial charge in [-0.2, -0.15) is 0 Å². The molecule has 2 rings (SSSR count). The highest BCUT2D eigenvalue weighted by Crippen LogP contribution is 2.24. The van der Waals surface area contributed by atoms with Crippen molar-refractivity contribution in [3.05, 3.63) is 0 Å². The molecule has 0 spiro atoms. The van der Waals surface area contributed by atoms with Gasteiger partial charge in [-0.25, -0.2) is 0 Å². The van der Waals surface area contributed by atoms with E-state index in [1.807, 2.05) is 0 Å². The van der Waals surface area contributed by atoms with Crippen LogP contribution in [0.3, 0.4) is 0 Å². The summed E-state index contributed by atoms with van der Waals surface area (Å²) in [7, 11) is 0. The Morgan fingerprint density at radius 1 is 1.41 bits per heavy atom. The number of nitrogens with zero attached hydrogens (tertiary/aromatic N) is 1. The van der Waals surface area contributed by atoms with Gasteiger partial charge in [0.25, 0.3) is 0 Å². The summed E-state index contributed by atoms with van der Waals surface area (Å²) in [5.41, 5.74) is 0. The van der Waals surface area contributed by atoms with E-state index in [0.717, 1.165) is 19.4 Å². The zero-order valence-corrected chi connectivity index (χ0v) is 10.9. The highest BCUT2D eigenvalue weighted by molar-refractivity contribution is 5.73. The molecule has 2 N–H and O–H groups in total. The highest BCUT2D eigenvalue weighted by Gasteiger charge is 2.32. The summed E-state index contributed by atoms with van der Waals surface area (Å²) >= 11 is 0. The first-order chi connectivity index (χ1) is 8.08. The monoisotopic (exact) mass is 240 g/mol. The molecule has 3 unspecified atom stereocenters. The third-order valence-electron chi connectivity index (χ3n) is 4.23. The summed E-state index contributed by atoms with van der Waals surface area (Å²) in [5.74, 6) is -0.0264. The van der Waals surface area contributed by atoms with E-state index in [-0.39, 0.29) is 0 Å². The molecule has 0 amide bonds. The Morgan fingerprint density at radius 2 is 2.12 bits per heavy atom. The Balaban J connectivity index is 1.89. The molecule has 4 nitrogen and oxygen atoms in total. The second-order valence-corrected chi connectivity index (χ2v) is 5.69. The molecule has 2 fully saturated rings. The van der Waals surface area contributed by atoms with Crippen LogP contribution in [-0.4, -0.2) is 47.2 Å². The van der Waals surface area contributed by atoms with Gasteiger partial charge in [0.2, 0.25) is 0 Å². The van der Waals surface area contributed by atoms with E-state index >= 15 is 0 Å². The fourth-order valence-electron chi connectivity index (χ4n) is 2.65. The molecular formula is C13H24N2O2. The van der Waals surface area contributed by atoms with E-state index in [1.165, 1.54) is 12.8 Å². The SMILES string of the molecule is CC1CCCN(CC(NC2CC2)C(=O)O)C1C. The Morgan fingerprint density at radius 3 is 2.71 bits per heavy atom.